The highest BCUT2D eigenvalue weighted by Crippen LogP contribution is 2.28. The first-order valence-electron chi connectivity index (χ1n) is 7.36. The van der Waals surface area contributed by atoms with E-state index in [-0.39, 0.29) is 6.42 Å². The molecular formula is C13H24O10. The van der Waals surface area contributed by atoms with Crippen molar-refractivity contribution >= 4 is 0 Å². The van der Waals surface area contributed by atoms with Crippen molar-refractivity contribution in [3.8, 4) is 0 Å². The monoisotopic (exact) mass is 340 g/mol. The van der Waals surface area contributed by atoms with Crippen LogP contribution in [0.25, 0.3) is 0 Å². The van der Waals surface area contributed by atoms with Crippen molar-refractivity contribution < 1.29 is 49.6 Å². The minimum absolute atomic E-state index is 0.0843. The lowest BCUT2D eigenvalue weighted by Crippen LogP contribution is -2.62. The number of aliphatic hydroxyl groups is 6. The SMILES string of the molecule is CO[C@H]1O[C@H](CO)[C@@H](O)[C@H](O)[C@@H]1O[C@H]1O[C@H](CO)[C@@H](O)C[C@@H]1O. The summed E-state index contributed by atoms with van der Waals surface area (Å²) in [6, 6.07) is 0. The fourth-order valence-corrected chi connectivity index (χ4v) is 2.70. The van der Waals surface area contributed by atoms with E-state index in [9.17, 15) is 20.4 Å². The largest absolute Gasteiger partial charge is 0.394 e. The molecule has 2 aliphatic rings. The second kappa shape index (κ2) is 8.12. The Hall–Kier alpha value is -0.400. The maximum atomic E-state index is 10.2. The second-order valence-electron chi connectivity index (χ2n) is 5.64. The maximum absolute atomic E-state index is 10.2. The summed E-state index contributed by atoms with van der Waals surface area (Å²) in [5.41, 5.74) is 0. The van der Waals surface area contributed by atoms with Gasteiger partial charge in [0.25, 0.3) is 0 Å². The summed E-state index contributed by atoms with van der Waals surface area (Å²) in [4.78, 5) is 0. The second-order valence-corrected chi connectivity index (χ2v) is 5.64. The Bertz CT molecular complexity index is 367. The molecule has 0 aromatic rings. The molecule has 0 spiro atoms. The van der Waals surface area contributed by atoms with Gasteiger partial charge in [-0.05, 0) is 0 Å². The van der Waals surface area contributed by atoms with E-state index in [2.05, 4.69) is 0 Å². The van der Waals surface area contributed by atoms with E-state index >= 15 is 0 Å². The Morgan fingerprint density at radius 2 is 1.48 bits per heavy atom. The smallest absolute Gasteiger partial charge is 0.186 e. The van der Waals surface area contributed by atoms with Crippen molar-refractivity contribution in [3.05, 3.63) is 0 Å². The first-order chi connectivity index (χ1) is 10.9. The first kappa shape index (κ1) is 18.9. The van der Waals surface area contributed by atoms with Crippen LogP contribution in [0.3, 0.4) is 0 Å². The van der Waals surface area contributed by atoms with Crippen molar-refractivity contribution in [1.82, 2.24) is 0 Å². The number of ether oxygens (including phenoxy) is 4. The van der Waals surface area contributed by atoms with E-state index in [0.717, 1.165) is 0 Å². The summed E-state index contributed by atoms with van der Waals surface area (Å²) < 4.78 is 21.1. The van der Waals surface area contributed by atoms with E-state index in [0.29, 0.717) is 0 Å². The van der Waals surface area contributed by atoms with Crippen LogP contribution in [0.15, 0.2) is 0 Å². The lowest BCUT2D eigenvalue weighted by Gasteiger charge is -2.44. The van der Waals surface area contributed by atoms with Gasteiger partial charge in [-0.25, -0.2) is 0 Å². The van der Waals surface area contributed by atoms with Gasteiger partial charge >= 0.3 is 0 Å². The zero-order valence-electron chi connectivity index (χ0n) is 12.6. The molecule has 0 amide bonds. The molecule has 2 rings (SSSR count). The van der Waals surface area contributed by atoms with Gasteiger partial charge in [-0.1, -0.05) is 0 Å². The Morgan fingerprint density at radius 1 is 0.870 bits per heavy atom. The van der Waals surface area contributed by atoms with Gasteiger partial charge in [-0.15, -0.1) is 0 Å². The molecule has 0 saturated carbocycles. The van der Waals surface area contributed by atoms with Crippen LogP contribution in [-0.2, 0) is 18.9 Å². The Labute approximate surface area is 132 Å². The number of hydrogen-bond donors (Lipinski definition) is 6. The van der Waals surface area contributed by atoms with Crippen LogP contribution in [0.2, 0.25) is 0 Å². The summed E-state index contributed by atoms with van der Waals surface area (Å²) in [7, 11) is 1.29. The molecule has 2 fully saturated rings. The lowest BCUT2D eigenvalue weighted by atomic mass is 9.98. The van der Waals surface area contributed by atoms with Gasteiger partial charge < -0.3 is 49.6 Å². The molecule has 23 heavy (non-hydrogen) atoms. The first-order valence-corrected chi connectivity index (χ1v) is 7.36. The Morgan fingerprint density at radius 3 is 2.04 bits per heavy atom. The summed E-state index contributed by atoms with van der Waals surface area (Å²) in [6.07, 6.45) is -10.8. The predicted octanol–water partition coefficient (Wildman–Crippen LogP) is -3.71. The molecule has 2 saturated heterocycles. The third kappa shape index (κ3) is 3.99. The summed E-state index contributed by atoms with van der Waals surface area (Å²) in [6.45, 7) is -0.994. The van der Waals surface area contributed by atoms with E-state index in [1.807, 2.05) is 0 Å². The zero-order valence-corrected chi connectivity index (χ0v) is 12.6. The molecule has 0 aromatic heterocycles. The predicted molar refractivity (Wildman–Crippen MR) is 72.0 cm³/mol. The molecule has 0 unspecified atom stereocenters. The van der Waals surface area contributed by atoms with Gasteiger partial charge in [0.15, 0.2) is 12.6 Å². The highest BCUT2D eigenvalue weighted by Gasteiger charge is 2.48. The Balaban J connectivity index is 2.07. The van der Waals surface area contributed by atoms with Gasteiger partial charge in [0, 0.05) is 13.5 Å². The summed E-state index contributed by atoms with van der Waals surface area (Å²) >= 11 is 0. The van der Waals surface area contributed by atoms with Crippen LogP contribution in [0.5, 0.6) is 0 Å². The van der Waals surface area contributed by atoms with E-state index in [1.54, 1.807) is 0 Å². The van der Waals surface area contributed by atoms with Crippen molar-refractivity contribution in [2.24, 2.45) is 0 Å². The van der Waals surface area contributed by atoms with Crippen molar-refractivity contribution in [2.45, 2.75) is 61.7 Å². The topological polar surface area (TPSA) is 158 Å². The van der Waals surface area contributed by atoms with E-state index in [1.165, 1.54) is 7.11 Å². The van der Waals surface area contributed by atoms with Crippen molar-refractivity contribution in [3.63, 3.8) is 0 Å². The molecule has 2 heterocycles. The van der Waals surface area contributed by atoms with Crippen molar-refractivity contribution in [1.29, 1.82) is 0 Å². The normalized spacial score (nSPS) is 48.4. The van der Waals surface area contributed by atoms with Gasteiger partial charge in [0.05, 0.1) is 19.3 Å². The van der Waals surface area contributed by atoms with Crippen LogP contribution < -0.4 is 0 Å². The van der Waals surface area contributed by atoms with E-state index < -0.39 is 68.5 Å². The zero-order chi connectivity index (χ0) is 17.1. The third-order valence-corrected chi connectivity index (χ3v) is 4.06. The lowest BCUT2D eigenvalue weighted by molar-refractivity contribution is -0.354. The van der Waals surface area contributed by atoms with Crippen LogP contribution in [0.1, 0.15) is 6.42 Å². The van der Waals surface area contributed by atoms with Crippen LogP contribution >= 0.6 is 0 Å². The molecule has 0 bridgehead atoms. The highest BCUT2D eigenvalue weighted by molar-refractivity contribution is 4.91. The quantitative estimate of drug-likeness (QED) is 0.294. The molecular weight excluding hydrogens is 316 g/mol. The molecule has 9 atom stereocenters. The molecule has 0 aromatic carbocycles. The van der Waals surface area contributed by atoms with Gasteiger partial charge in [-0.2, -0.15) is 0 Å². The highest BCUT2D eigenvalue weighted by atomic mass is 16.8. The molecule has 0 aliphatic carbocycles. The molecule has 10 heteroatoms. The fourth-order valence-electron chi connectivity index (χ4n) is 2.70. The number of methoxy groups -OCH3 is 1. The van der Waals surface area contributed by atoms with E-state index in [4.69, 9.17) is 29.2 Å². The van der Waals surface area contributed by atoms with Gasteiger partial charge in [0.1, 0.15) is 36.6 Å². The number of aliphatic hydroxyl groups excluding tert-OH is 6. The molecule has 136 valence electrons. The third-order valence-electron chi connectivity index (χ3n) is 4.06. The molecule has 2 aliphatic heterocycles. The van der Waals surface area contributed by atoms with Crippen LogP contribution in [0.4, 0.5) is 0 Å². The Kier molecular flexibility index (Phi) is 6.68. The fraction of sp³-hybridized carbons (Fsp3) is 1.00. The van der Waals surface area contributed by atoms with Gasteiger partial charge in [-0.3, -0.25) is 0 Å². The standard InChI is InChI=1S/C13H24O10/c1-20-13-11(10(19)9(18)8(4-15)22-13)23-12-6(17)2-5(16)7(3-14)21-12/h5-19H,2-4H2,1H3/t5-,6-,7+,8+,9+,10-,11-,12+,13-/m0/s1. The average Bonchev–Trinajstić information content (AvgIpc) is 2.54. The molecule has 10 nitrogen and oxygen atoms in total. The summed E-state index contributed by atoms with van der Waals surface area (Å²) in [5, 5.41) is 57.9. The molecule has 0 radical (unpaired) electrons. The van der Waals surface area contributed by atoms with Crippen LogP contribution in [-0.4, -0.2) is 106 Å². The minimum Gasteiger partial charge on any atom is -0.394 e. The van der Waals surface area contributed by atoms with Crippen LogP contribution in [0, 0.1) is 0 Å². The minimum atomic E-state index is -1.46. The number of hydrogen-bond acceptors (Lipinski definition) is 10. The average molecular weight is 340 g/mol. The van der Waals surface area contributed by atoms with Gasteiger partial charge in [0.2, 0.25) is 0 Å². The maximum Gasteiger partial charge on any atom is 0.186 e. The number of rotatable bonds is 5. The summed E-state index contributed by atoms with van der Waals surface area (Å²) in [5.74, 6) is 0. The van der Waals surface area contributed by atoms with Crippen molar-refractivity contribution in [2.75, 3.05) is 20.3 Å². The molecule has 6 N–H and O–H groups in total.